The van der Waals surface area contributed by atoms with Crippen molar-refractivity contribution in [2.45, 2.75) is 32.1 Å². The van der Waals surface area contributed by atoms with Crippen LogP contribution in [0, 0.1) is 20.8 Å². The molecule has 0 spiro atoms. The lowest BCUT2D eigenvalue weighted by Crippen LogP contribution is -2.28. The lowest BCUT2D eigenvalue weighted by Gasteiger charge is -2.10. The van der Waals surface area contributed by atoms with E-state index in [4.69, 9.17) is 0 Å². The zero-order valence-corrected chi connectivity index (χ0v) is 15.4. The lowest BCUT2D eigenvalue weighted by atomic mass is 10.1. The molecular weight excluding hydrogens is 334 g/mol. The summed E-state index contributed by atoms with van der Waals surface area (Å²) in [5, 5.41) is 7.13. The van der Waals surface area contributed by atoms with E-state index < -0.39 is 0 Å². The Hall–Kier alpha value is -2.41. The Labute approximate surface area is 151 Å². The predicted molar refractivity (Wildman–Crippen MR) is 98.9 cm³/mol. The summed E-state index contributed by atoms with van der Waals surface area (Å²) >= 11 is 1.74. The van der Waals surface area contributed by atoms with Gasteiger partial charge in [-0.15, -0.1) is 11.8 Å². The summed E-state index contributed by atoms with van der Waals surface area (Å²) in [6.07, 6.45) is 1.77. The molecule has 2 heterocycles. The predicted octanol–water partition coefficient (Wildman–Crippen LogP) is 2.50. The van der Waals surface area contributed by atoms with Crippen molar-refractivity contribution in [2.24, 2.45) is 0 Å². The van der Waals surface area contributed by atoms with Crippen LogP contribution in [0.3, 0.4) is 0 Å². The Kier molecular flexibility index (Phi) is 5.33. The molecule has 0 aliphatic rings. The van der Waals surface area contributed by atoms with Crippen LogP contribution in [-0.4, -0.2) is 37.8 Å². The minimum absolute atomic E-state index is 0.00280. The zero-order valence-electron chi connectivity index (χ0n) is 14.6. The quantitative estimate of drug-likeness (QED) is 0.543. The van der Waals surface area contributed by atoms with Crippen LogP contribution in [0.15, 0.2) is 35.5 Å². The number of rotatable bonds is 6. The van der Waals surface area contributed by atoms with Gasteiger partial charge < -0.3 is 5.32 Å². The number of fused-ring (bicyclic) bond motifs is 1. The second-order valence-corrected chi connectivity index (χ2v) is 7.09. The molecule has 3 rings (SSSR count). The van der Waals surface area contributed by atoms with Gasteiger partial charge in [0.15, 0.2) is 0 Å². The molecule has 2 aromatic heterocycles. The fourth-order valence-electron chi connectivity index (χ4n) is 2.63. The van der Waals surface area contributed by atoms with Crippen molar-refractivity contribution >= 4 is 23.4 Å². The topological polar surface area (TPSA) is 72.2 Å². The van der Waals surface area contributed by atoms with E-state index in [-0.39, 0.29) is 5.91 Å². The van der Waals surface area contributed by atoms with Crippen LogP contribution in [0.25, 0.3) is 5.78 Å². The number of carbonyl (C=O) groups excluding carboxylic acids is 1. The second-order valence-electron chi connectivity index (χ2n) is 5.92. The lowest BCUT2D eigenvalue weighted by molar-refractivity contribution is -0.120. The largest absolute Gasteiger partial charge is 0.355 e. The highest BCUT2D eigenvalue weighted by atomic mass is 32.2. The summed E-state index contributed by atoms with van der Waals surface area (Å²) in [5.74, 6) is 1.40. The number of carbonyl (C=O) groups is 1. The summed E-state index contributed by atoms with van der Waals surface area (Å²) in [6, 6.07) is 8.40. The van der Waals surface area contributed by atoms with E-state index in [1.807, 2.05) is 13.8 Å². The first-order valence-corrected chi connectivity index (χ1v) is 9.15. The number of aryl methyl sites for hydroxylation is 3. The minimum Gasteiger partial charge on any atom is -0.355 e. The Balaban J connectivity index is 1.53. The molecule has 0 aliphatic heterocycles. The number of aromatic nitrogens is 4. The minimum atomic E-state index is -0.00280. The Morgan fingerprint density at radius 3 is 2.72 bits per heavy atom. The zero-order chi connectivity index (χ0) is 17.8. The summed E-state index contributed by atoms with van der Waals surface area (Å²) in [5.41, 5.74) is 3.88. The van der Waals surface area contributed by atoms with Gasteiger partial charge in [0.2, 0.25) is 5.91 Å². The average molecular weight is 355 g/mol. The summed E-state index contributed by atoms with van der Waals surface area (Å²) < 4.78 is 1.67. The van der Waals surface area contributed by atoms with Crippen LogP contribution >= 0.6 is 11.8 Å². The molecule has 6 nitrogen and oxygen atoms in total. The van der Waals surface area contributed by atoms with Crippen molar-refractivity contribution in [2.75, 3.05) is 12.3 Å². The van der Waals surface area contributed by atoms with Crippen LogP contribution in [0.5, 0.6) is 0 Å². The van der Waals surface area contributed by atoms with E-state index in [1.54, 1.807) is 16.3 Å². The number of hydrogen-bond donors (Lipinski definition) is 1. The van der Waals surface area contributed by atoms with E-state index in [9.17, 15) is 4.79 Å². The normalized spacial score (nSPS) is 11.0. The van der Waals surface area contributed by atoms with Crippen molar-refractivity contribution in [3.05, 3.63) is 53.1 Å². The first-order chi connectivity index (χ1) is 12.0. The summed E-state index contributed by atoms with van der Waals surface area (Å²) in [6.45, 7) is 6.54. The van der Waals surface area contributed by atoms with Gasteiger partial charge in [-0.3, -0.25) is 4.79 Å². The third-order valence-electron chi connectivity index (χ3n) is 4.04. The standard InChI is InChI=1S/C18H21N5OS/c1-12-4-6-15(7-5-12)25-9-8-19-17(24)10-16-13(2)22-18-20-11-21-23(18)14(16)3/h4-7,11H,8-10H2,1-3H3,(H,19,24). The first kappa shape index (κ1) is 17.4. The number of amides is 1. The molecule has 0 bridgehead atoms. The molecule has 1 amide bonds. The van der Waals surface area contributed by atoms with Crippen molar-refractivity contribution in [1.29, 1.82) is 0 Å². The van der Waals surface area contributed by atoms with Crippen LogP contribution in [-0.2, 0) is 11.2 Å². The molecule has 0 radical (unpaired) electrons. The van der Waals surface area contributed by atoms with E-state index >= 15 is 0 Å². The van der Waals surface area contributed by atoms with Gasteiger partial charge in [-0.05, 0) is 32.9 Å². The van der Waals surface area contributed by atoms with Gasteiger partial charge in [-0.2, -0.15) is 10.1 Å². The fourth-order valence-corrected chi connectivity index (χ4v) is 3.40. The highest BCUT2D eigenvalue weighted by Gasteiger charge is 2.14. The summed E-state index contributed by atoms with van der Waals surface area (Å²) in [7, 11) is 0. The molecule has 1 N–H and O–H groups in total. The maximum atomic E-state index is 12.3. The number of nitrogens with one attached hydrogen (secondary N) is 1. The van der Waals surface area contributed by atoms with E-state index in [2.05, 4.69) is 51.6 Å². The maximum Gasteiger partial charge on any atom is 0.252 e. The molecule has 0 atom stereocenters. The molecule has 0 saturated carbocycles. The Morgan fingerprint density at radius 2 is 1.96 bits per heavy atom. The van der Waals surface area contributed by atoms with Gasteiger partial charge in [0, 0.05) is 34.1 Å². The van der Waals surface area contributed by atoms with Crippen LogP contribution < -0.4 is 5.32 Å². The van der Waals surface area contributed by atoms with Gasteiger partial charge in [0.05, 0.1) is 6.42 Å². The molecule has 0 unspecified atom stereocenters. The highest BCUT2D eigenvalue weighted by Crippen LogP contribution is 2.17. The van der Waals surface area contributed by atoms with E-state index in [1.165, 1.54) is 16.8 Å². The molecule has 3 aromatic rings. The SMILES string of the molecule is Cc1ccc(SCCNC(=O)Cc2c(C)nc3ncnn3c2C)cc1. The van der Waals surface area contributed by atoms with Gasteiger partial charge in [-0.25, -0.2) is 9.50 Å². The molecule has 130 valence electrons. The monoisotopic (exact) mass is 355 g/mol. The van der Waals surface area contributed by atoms with Gasteiger partial charge in [0.1, 0.15) is 6.33 Å². The van der Waals surface area contributed by atoms with Crippen LogP contribution in [0.2, 0.25) is 0 Å². The average Bonchev–Trinajstić information content (AvgIpc) is 3.05. The van der Waals surface area contributed by atoms with Crippen molar-refractivity contribution < 1.29 is 4.79 Å². The molecule has 0 aliphatic carbocycles. The smallest absolute Gasteiger partial charge is 0.252 e. The third kappa shape index (κ3) is 4.17. The maximum absolute atomic E-state index is 12.3. The van der Waals surface area contributed by atoms with Gasteiger partial charge >= 0.3 is 0 Å². The molecule has 0 saturated heterocycles. The van der Waals surface area contributed by atoms with Crippen LogP contribution in [0.4, 0.5) is 0 Å². The summed E-state index contributed by atoms with van der Waals surface area (Å²) in [4.78, 5) is 22.0. The van der Waals surface area contributed by atoms with Crippen LogP contribution in [0.1, 0.15) is 22.5 Å². The third-order valence-corrected chi connectivity index (χ3v) is 5.05. The highest BCUT2D eigenvalue weighted by molar-refractivity contribution is 7.99. The first-order valence-electron chi connectivity index (χ1n) is 8.16. The van der Waals surface area contributed by atoms with Crippen molar-refractivity contribution in [3.63, 3.8) is 0 Å². The van der Waals surface area contributed by atoms with Gasteiger partial charge in [0.25, 0.3) is 5.78 Å². The number of nitrogens with zero attached hydrogens (tertiary/aromatic N) is 4. The van der Waals surface area contributed by atoms with Gasteiger partial charge in [-0.1, -0.05) is 17.7 Å². The molecule has 0 fully saturated rings. The van der Waals surface area contributed by atoms with E-state index in [0.29, 0.717) is 18.7 Å². The number of hydrogen-bond acceptors (Lipinski definition) is 5. The number of thioether (sulfide) groups is 1. The van der Waals surface area contributed by atoms with Crippen molar-refractivity contribution in [1.82, 2.24) is 24.9 Å². The second kappa shape index (κ2) is 7.65. The Morgan fingerprint density at radius 1 is 1.20 bits per heavy atom. The Bertz CT molecular complexity index is 888. The number of benzene rings is 1. The van der Waals surface area contributed by atoms with Crippen molar-refractivity contribution in [3.8, 4) is 0 Å². The molecule has 7 heteroatoms. The molecule has 25 heavy (non-hydrogen) atoms. The fraction of sp³-hybridized carbons (Fsp3) is 0.333. The molecular formula is C18H21N5OS. The van der Waals surface area contributed by atoms with E-state index in [0.717, 1.165) is 22.7 Å². The molecule has 1 aromatic carbocycles.